The average molecular weight is 502 g/mol. The van der Waals surface area contributed by atoms with Crippen molar-refractivity contribution in [1.29, 1.82) is 0 Å². The van der Waals surface area contributed by atoms with Crippen molar-refractivity contribution in [3.05, 3.63) is 0 Å². The van der Waals surface area contributed by atoms with Crippen LogP contribution in [0.1, 0.15) is 64.7 Å². The maximum absolute atomic E-state index is 5.54. The fraction of sp³-hybridized carbons (Fsp3) is 1.00. The minimum absolute atomic E-state index is 0.605. The van der Waals surface area contributed by atoms with Gasteiger partial charge >= 0.3 is 0 Å². The molecule has 164 valence electrons. The van der Waals surface area contributed by atoms with Gasteiger partial charge in [0.2, 0.25) is 0 Å². The maximum Gasteiger partial charge on any atom is 0.0701 e. The Hall–Kier alpha value is 0.530. The molecular weight excluding hydrogens is 459 g/mol. The molecule has 0 aromatic heterocycles. The zero-order chi connectivity index (χ0) is 19.7. The largest absolute Gasteiger partial charge is 0.379 e. The first-order chi connectivity index (χ1) is 13.4. The van der Waals surface area contributed by atoms with Crippen molar-refractivity contribution in [2.75, 3.05) is 70.5 Å². The molecule has 0 spiro atoms. The summed E-state index contributed by atoms with van der Waals surface area (Å²) in [5, 5.41) is 0. The molecule has 0 saturated heterocycles. The van der Waals surface area contributed by atoms with Gasteiger partial charge in [0.1, 0.15) is 0 Å². The van der Waals surface area contributed by atoms with Crippen LogP contribution in [0.2, 0.25) is 0 Å². The van der Waals surface area contributed by atoms with Crippen LogP contribution >= 0.6 is 22.6 Å². The lowest BCUT2D eigenvalue weighted by Crippen LogP contribution is -2.13. The number of hydrogen-bond acceptors (Lipinski definition) is 5. The smallest absolute Gasteiger partial charge is 0.0701 e. The van der Waals surface area contributed by atoms with Crippen molar-refractivity contribution in [2.45, 2.75) is 64.7 Å². The standard InChI is InChI=1S/C21H43IO5/c1-2-3-4-6-9-12-23-14-16-25-18-20-27-21-19-26-17-15-24-13-10-7-5-8-11-22/h2-21H2,1H3. The van der Waals surface area contributed by atoms with Gasteiger partial charge in [0, 0.05) is 13.2 Å². The molecule has 0 atom stereocenters. The minimum Gasteiger partial charge on any atom is -0.379 e. The highest BCUT2D eigenvalue weighted by molar-refractivity contribution is 14.1. The Bertz CT molecular complexity index is 233. The fourth-order valence-corrected chi connectivity index (χ4v) is 2.98. The predicted octanol–water partition coefficient (Wildman–Crippen LogP) is 5.04. The first-order valence-electron chi connectivity index (χ1n) is 10.9. The molecule has 0 saturated carbocycles. The molecule has 0 rings (SSSR count). The number of rotatable bonds is 24. The topological polar surface area (TPSA) is 46.2 Å². The van der Waals surface area contributed by atoms with Gasteiger partial charge in [0.15, 0.2) is 0 Å². The molecule has 0 radical (unpaired) electrons. The van der Waals surface area contributed by atoms with E-state index in [1.807, 2.05) is 0 Å². The van der Waals surface area contributed by atoms with Crippen LogP contribution in [0.15, 0.2) is 0 Å². The van der Waals surface area contributed by atoms with E-state index in [-0.39, 0.29) is 0 Å². The van der Waals surface area contributed by atoms with Crippen molar-refractivity contribution in [3.63, 3.8) is 0 Å². The second-order valence-electron chi connectivity index (χ2n) is 6.58. The molecule has 5 nitrogen and oxygen atoms in total. The number of halogens is 1. The molecule has 0 amide bonds. The van der Waals surface area contributed by atoms with E-state index in [4.69, 9.17) is 23.7 Å². The number of unbranched alkanes of at least 4 members (excludes halogenated alkanes) is 7. The Kier molecular flexibility index (Phi) is 27.1. The van der Waals surface area contributed by atoms with E-state index in [9.17, 15) is 0 Å². The molecular formula is C21H43IO5. The van der Waals surface area contributed by atoms with Crippen molar-refractivity contribution >= 4 is 22.6 Å². The van der Waals surface area contributed by atoms with Gasteiger partial charge in [0.05, 0.1) is 52.9 Å². The van der Waals surface area contributed by atoms with E-state index in [1.54, 1.807) is 0 Å². The highest BCUT2D eigenvalue weighted by Crippen LogP contribution is 2.03. The Balaban J connectivity index is 2.95. The summed E-state index contributed by atoms with van der Waals surface area (Å²) in [5.41, 5.74) is 0. The van der Waals surface area contributed by atoms with Crippen LogP contribution < -0.4 is 0 Å². The Labute approximate surface area is 181 Å². The second kappa shape index (κ2) is 26.5. The van der Waals surface area contributed by atoms with Crippen molar-refractivity contribution < 1.29 is 23.7 Å². The third kappa shape index (κ3) is 26.5. The zero-order valence-electron chi connectivity index (χ0n) is 17.6. The van der Waals surface area contributed by atoms with Gasteiger partial charge in [-0.3, -0.25) is 0 Å². The first-order valence-corrected chi connectivity index (χ1v) is 12.4. The Morgan fingerprint density at radius 1 is 0.407 bits per heavy atom. The third-order valence-corrected chi connectivity index (χ3v) is 4.82. The van der Waals surface area contributed by atoms with Gasteiger partial charge < -0.3 is 23.7 Å². The molecule has 0 aliphatic rings. The molecule has 0 heterocycles. The minimum atomic E-state index is 0.605. The van der Waals surface area contributed by atoms with Crippen LogP contribution in [-0.2, 0) is 23.7 Å². The number of hydrogen-bond donors (Lipinski definition) is 0. The molecule has 0 fully saturated rings. The van der Waals surface area contributed by atoms with E-state index in [2.05, 4.69) is 29.5 Å². The van der Waals surface area contributed by atoms with E-state index < -0.39 is 0 Å². The van der Waals surface area contributed by atoms with E-state index >= 15 is 0 Å². The van der Waals surface area contributed by atoms with Crippen LogP contribution in [0, 0.1) is 0 Å². The van der Waals surface area contributed by atoms with E-state index in [0.717, 1.165) is 26.1 Å². The zero-order valence-corrected chi connectivity index (χ0v) is 19.7. The summed E-state index contributed by atoms with van der Waals surface area (Å²) in [5.74, 6) is 0. The van der Waals surface area contributed by atoms with Gasteiger partial charge in [-0.15, -0.1) is 0 Å². The SMILES string of the molecule is CCCCCCCOCCOCCOCCOCCOCCCCCCI. The van der Waals surface area contributed by atoms with Crippen molar-refractivity contribution in [1.82, 2.24) is 0 Å². The highest BCUT2D eigenvalue weighted by atomic mass is 127. The van der Waals surface area contributed by atoms with Crippen LogP contribution in [0.25, 0.3) is 0 Å². The van der Waals surface area contributed by atoms with Crippen molar-refractivity contribution in [2.24, 2.45) is 0 Å². The monoisotopic (exact) mass is 502 g/mol. The summed E-state index contributed by atoms with van der Waals surface area (Å²) < 4.78 is 28.8. The van der Waals surface area contributed by atoms with Gasteiger partial charge in [-0.05, 0) is 23.7 Å². The lowest BCUT2D eigenvalue weighted by molar-refractivity contribution is -0.0114. The van der Waals surface area contributed by atoms with Gasteiger partial charge in [0.25, 0.3) is 0 Å². The van der Waals surface area contributed by atoms with Crippen LogP contribution in [0.4, 0.5) is 0 Å². The number of alkyl halides is 1. The second-order valence-corrected chi connectivity index (χ2v) is 7.66. The van der Waals surface area contributed by atoms with Gasteiger partial charge in [-0.1, -0.05) is 68.0 Å². The lowest BCUT2D eigenvalue weighted by atomic mass is 10.2. The Morgan fingerprint density at radius 3 is 1.11 bits per heavy atom. The molecule has 0 aliphatic heterocycles. The van der Waals surface area contributed by atoms with E-state index in [1.165, 1.54) is 49.4 Å². The quantitative estimate of drug-likeness (QED) is 0.105. The molecule has 0 bridgehead atoms. The molecule has 27 heavy (non-hydrogen) atoms. The summed E-state index contributed by atoms with van der Waals surface area (Å²) in [4.78, 5) is 0. The summed E-state index contributed by atoms with van der Waals surface area (Å²) in [7, 11) is 0. The summed E-state index contributed by atoms with van der Waals surface area (Å²) in [6.07, 6.45) is 11.4. The first kappa shape index (κ1) is 27.5. The summed E-state index contributed by atoms with van der Waals surface area (Å²) in [6.45, 7) is 9.00. The Morgan fingerprint density at radius 2 is 0.741 bits per heavy atom. The van der Waals surface area contributed by atoms with Gasteiger partial charge in [-0.2, -0.15) is 0 Å². The van der Waals surface area contributed by atoms with E-state index in [0.29, 0.717) is 52.9 Å². The lowest BCUT2D eigenvalue weighted by Gasteiger charge is -2.08. The molecule has 0 aromatic carbocycles. The summed E-state index contributed by atoms with van der Waals surface area (Å²) in [6, 6.07) is 0. The molecule has 0 aromatic rings. The van der Waals surface area contributed by atoms with Crippen molar-refractivity contribution in [3.8, 4) is 0 Å². The van der Waals surface area contributed by atoms with Crippen LogP contribution in [0.3, 0.4) is 0 Å². The maximum atomic E-state index is 5.54. The van der Waals surface area contributed by atoms with Crippen LogP contribution in [-0.4, -0.2) is 70.5 Å². The number of ether oxygens (including phenoxy) is 5. The average Bonchev–Trinajstić information content (AvgIpc) is 2.68. The normalized spacial score (nSPS) is 11.3. The third-order valence-electron chi connectivity index (χ3n) is 4.05. The van der Waals surface area contributed by atoms with Gasteiger partial charge in [-0.25, -0.2) is 0 Å². The van der Waals surface area contributed by atoms with Crippen LogP contribution in [0.5, 0.6) is 0 Å². The highest BCUT2D eigenvalue weighted by Gasteiger charge is 1.94. The molecule has 0 N–H and O–H groups in total. The summed E-state index contributed by atoms with van der Waals surface area (Å²) >= 11 is 2.43. The molecule has 0 aliphatic carbocycles. The predicted molar refractivity (Wildman–Crippen MR) is 120 cm³/mol. The molecule has 0 unspecified atom stereocenters. The molecule has 6 heteroatoms. The fourth-order valence-electron chi connectivity index (χ4n) is 2.44.